The van der Waals surface area contributed by atoms with Gasteiger partial charge in [-0.05, 0) is 23.8 Å². The molecular weight excluding hydrogens is 314 g/mol. The van der Waals surface area contributed by atoms with Gasteiger partial charge >= 0.3 is 12.5 Å². The number of hydrogen-bond donors (Lipinski definition) is 1. The van der Waals surface area contributed by atoms with E-state index in [2.05, 4.69) is 9.72 Å². The van der Waals surface area contributed by atoms with E-state index in [1.165, 1.54) is 6.07 Å². The summed E-state index contributed by atoms with van der Waals surface area (Å²) in [5.41, 5.74) is 3.68. The number of halogens is 6. The zero-order chi connectivity index (χ0) is 16.5. The second-order valence-electron chi connectivity index (χ2n) is 4.19. The topological polar surface area (TPSA) is 48.1 Å². The summed E-state index contributed by atoms with van der Waals surface area (Å²) < 4.78 is 79.2. The molecule has 2 N–H and O–H groups in total. The predicted molar refractivity (Wildman–Crippen MR) is 65.8 cm³/mol. The molecule has 0 aliphatic heterocycles. The van der Waals surface area contributed by atoms with Crippen LogP contribution >= 0.6 is 0 Å². The second-order valence-corrected chi connectivity index (χ2v) is 4.19. The number of aromatic nitrogens is 1. The molecule has 0 saturated carbocycles. The highest BCUT2D eigenvalue weighted by molar-refractivity contribution is 5.78. The first-order valence-electron chi connectivity index (χ1n) is 5.76. The Morgan fingerprint density at radius 1 is 1.00 bits per heavy atom. The molecular formula is C13H8F6N2O. The van der Waals surface area contributed by atoms with Gasteiger partial charge in [-0.3, -0.25) is 0 Å². The molecule has 0 saturated heterocycles. The molecule has 3 nitrogen and oxygen atoms in total. The van der Waals surface area contributed by atoms with Gasteiger partial charge in [0, 0.05) is 11.8 Å². The van der Waals surface area contributed by atoms with Gasteiger partial charge in [-0.1, -0.05) is 12.1 Å². The zero-order valence-corrected chi connectivity index (χ0v) is 10.7. The number of nitrogens with two attached hydrogens (primary N) is 1. The fourth-order valence-electron chi connectivity index (χ4n) is 1.87. The van der Waals surface area contributed by atoms with Crippen LogP contribution in [-0.2, 0) is 6.18 Å². The van der Waals surface area contributed by atoms with Crippen LogP contribution in [0.5, 0.6) is 5.75 Å². The number of rotatable bonds is 2. The van der Waals surface area contributed by atoms with Crippen molar-refractivity contribution in [2.75, 3.05) is 5.73 Å². The lowest BCUT2D eigenvalue weighted by molar-refractivity contribution is -0.274. The van der Waals surface area contributed by atoms with E-state index in [-0.39, 0.29) is 5.56 Å². The van der Waals surface area contributed by atoms with Crippen molar-refractivity contribution < 1.29 is 31.1 Å². The van der Waals surface area contributed by atoms with Crippen molar-refractivity contribution >= 4 is 5.82 Å². The molecule has 0 unspecified atom stereocenters. The Hall–Kier alpha value is -2.45. The molecule has 9 heteroatoms. The fraction of sp³-hybridized carbons (Fsp3) is 0.154. The molecule has 0 fully saturated rings. The highest BCUT2D eigenvalue weighted by Gasteiger charge is 2.35. The largest absolute Gasteiger partial charge is 0.573 e. The van der Waals surface area contributed by atoms with Crippen LogP contribution in [0.2, 0.25) is 0 Å². The third kappa shape index (κ3) is 3.60. The Morgan fingerprint density at radius 2 is 1.68 bits per heavy atom. The van der Waals surface area contributed by atoms with E-state index in [0.29, 0.717) is 6.07 Å². The first kappa shape index (κ1) is 15.9. The monoisotopic (exact) mass is 322 g/mol. The summed E-state index contributed by atoms with van der Waals surface area (Å²) in [6.07, 6.45) is -8.81. The van der Waals surface area contributed by atoms with Gasteiger partial charge in [-0.2, -0.15) is 13.2 Å². The third-order valence-electron chi connectivity index (χ3n) is 2.64. The minimum atomic E-state index is -4.95. The van der Waals surface area contributed by atoms with E-state index >= 15 is 0 Å². The summed E-state index contributed by atoms with van der Waals surface area (Å²) in [7, 11) is 0. The van der Waals surface area contributed by atoms with Crippen molar-refractivity contribution in [3.8, 4) is 16.9 Å². The van der Waals surface area contributed by atoms with Gasteiger partial charge in [-0.25, -0.2) is 4.98 Å². The minimum Gasteiger partial charge on any atom is -0.406 e. The number of benzene rings is 1. The van der Waals surface area contributed by atoms with Gasteiger partial charge in [-0.15, -0.1) is 13.2 Å². The number of ether oxygens (including phenoxy) is 1. The van der Waals surface area contributed by atoms with E-state index in [9.17, 15) is 26.3 Å². The van der Waals surface area contributed by atoms with Crippen molar-refractivity contribution in [1.29, 1.82) is 0 Å². The molecule has 0 atom stereocenters. The lowest BCUT2D eigenvalue weighted by Gasteiger charge is -2.15. The number of pyridine rings is 1. The van der Waals surface area contributed by atoms with E-state index in [1.807, 2.05) is 0 Å². The molecule has 1 heterocycles. The molecule has 118 valence electrons. The number of nitrogen functional groups attached to an aromatic ring is 1. The third-order valence-corrected chi connectivity index (χ3v) is 2.64. The van der Waals surface area contributed by atoms with Gasteiger partial charge < -0.3 is 10.5 Å². The average Bonchev–Trinajstić information content (AvgIpc) is 2.35. The maximum Gasteiger partial charge on any atom is 0.573 e. The molecule has 0 aliphatic rings. The quantitative estimate of drug-likeness (QED) is 0.841. The molecule has 1 aromatic carbocycles. The van der Waals surface area contributed by atoms with Gasteiger partial charge in [0.1, 0.15) is 11.6 Å². The summed E-state index contributed by atoms with van der Waals surface area (Å²) in [5, 5.41) is 0. The summed E-state index contributed by atoms with van der Waals surface area (Å²) >= 11 is 0. The SMILES string of the molecule is Nc1nccc(C(F)(F)F)c1-c1cccc(OC(F)(F)F)c1. The van der Waals surface area contributed by atoms with Crippen LogP contribution in [0.15, 0.2) is 36.5 Å². The van der Waals surface area contributed by atoms with Gasteiger partial charge in [0.25, 0.3) is 0 Å². The van der Waals surface area contributed by atoms with Gasteiger partial charge in [0.15, 0.2) is 0 Å². The van der Waals surface area contributed by atoms with Crippen LogP contribution in [-0.4, -0.2) is 11.3 Å². The Kier molecular flexibility index (Phi) is 3.90. The highest BCUT2D eigenvalue weighted by Crippen LogP contribution is 2.40. The van der Waals surface area contributed by atoms with Crippen LogP contribution in [0.1, 0.15) is 5.56 Å². The molecule has 0 radical (unpaired) electrons. The Labute approximate surface area is 120 Å². The van der Waals surface area contributed by atoms with E-state index < -0.39 is 35.2 Å². The number of hydrogen-bond acceptors (Lipinski definition) is 3. The predicted octanol–water partition coefficient (Wildman–Crippen LogP) is 4.25. The maximum atomic E-state index is 13.0. The van der Waals surface area contributed by atoms with Crippen molar-refractivity contribution in [3.05, 3.63) is 42.1 Å². The van der Waals surface area contributed by atoms with Crippen molar-refractivity contribution in [2.45, 2.75) is 12.5 Å². The minimum absolute atomic E-state index is 0.181. The van der Waals surface area contributed by atoms with Crippen LogP contribution in [0.3, 0.4) is 0 Å². The second kappa shape index (κ2) is 5.39. The lowest BCUT2D eigenvalue weighted by Crippen LogP contribution is -2.17. The van der Waals surface area contributed by atoms with Crippen molar-refractivity contribution in [1.82, 2.24) is 4.98 Å². The van der Waals surface area contributed by atoms with Crippen LogP contribution in [0, 0.1) is 0 Å². The summed E-state index contributed by atoms with van der Waals surface area (Å²) in [5.74, 6) is -1.10. The molecule has 0 bridgehead atoms. The molecule has 0 amide bonds. The normalized spacial score (nSPS) is 12.3. The number of alkyl halides is 6. The number of anilines is 1. The Balaban J connectivity index is 2.56. The number of nitrogens with zero attached hydrogens (tertiary/aromatic N) is 1. The van der Waals surface area contributed by atoms with E-state index in [1.54, 1.807) is 0 Å². The molecule has 0 aliphatic carbocycles. The van der Waals surface area contributed by atoms with Crippen LogP contribution in [0.4, 0.5) is 32.2 Å². The average molecular weight is 322 g/mol. The van der Waals surface area contributed by atoms with Crippen molar-refractivity contribution in [3.63, 3.8) is 0 Å². The van der Waals surface area contributed by atoms with Crippen LogP contribution < -0.4 is 10.5 Å². The summed E-state index contributed by atoms with van der Waals surface area (Å²) in [6.45, 7) is 0. The van der Waals surface area contributed by atoms with E-state index in [0.717, 1.165) is 24.4 Å². The lowest BCUT2D eigenvalue weighted by atomic mass is 10.0. The van der Waals surface area contributed by atoms with E-state index in [4.69, 9.17) is 5.73 Å². The molecule has 2 rings (SSSR count). The Morgan fingerprint density at radius 3 is 2.27 bits per heavy atom. The fourth-order valence-corrected chi connectivity index (χ4v) is 1.87. The van der Waals surface area contributed by atoms with Crippen molar-refractivity contribution in [2.24, 2.45) is 0 Å². The van der Waals surface area contributed by atoms with Crippen LogP contribution in [0.25, 0.3) is 11.1 Å². The first-order chi connectivity index (χ1) is 10.1. The smallest absolute Gasteiger partial charge is 0.406 e. The maximum absolute atomic E-state index is 13.0. The highest BCUT2D eigenvalue weighted by atomic mass is 19.4. The molecule has 0 spiro atoms. The summed E-state index contributed by atoms with van der Waals surface area (Å²) in [6, 6.07) is 4.80. The van der Waals surface area contributed by atoms with Gasteiger partial charge in [0.2, 0.25) is 0 Å². The zero-order valence-electron chi connectivity index (χ0n) is 10.7. The Bertz CT molecular complexity index is 681. The molecule has 2 aromatic rings. The standard InChI is InChI=1S/C13H8F6N2O/c14-12(15,16)9-4-5-21-11(20)10(9)7-2-1-3-8(6-7)22-13(17,18)19/h1-6H,(H2,20,21). The summed E-state index contributed by atoms with van der Waals surface area (Å²) in [4.78, 5) is 3.55. The molecule has 1 aromatic heterocycles. The molecule has 22 heavy (non-hydrogen) atoms. The van der Waals surface area contributed by atoms with Gasteiger partial charge in [0.05, 0.1) is 5.56 Å². The first-order valence-corrected chi connectivity index (χ1v) is 5.76.